The van der Waals surface area contributed by atoms with E-state index in [9.17, 15) is 9.18 Å². The number of hydrogen-bond acceptors (Lipinski definition) is 8. The molecule has 0 unspecified atom stereocenters. The van der Waals surface area contributed by atoms with Crippen LogP contribution >= 0.6 is 0 Å². The molecule has 0 radical (unpaired) electrons. The van der Waals surface area contributed by atoms with E-state index in [1.165, 1.54) is 18.5 Å². The number of benzene rings is 1. The van der Waals surface area contributed by atoms with Gasteiger partial charge in [0.25, 0.3) is 5.91 Å². The minimum Gasteiger partial charge on any atom is -0.490 e. The average Bonchev–Trinajstić information content (AvgIpc) is 2.88. The maximum Gasteiger partial charge on any atom is 0.254 e. The lowest BCUT2D eigenvalue weighted by Crippen LogP contribution is -2.44. The summed E-state index contributed by atoms with van der Waals surface area (Å²) >= 11 is 0. The van der Waals surface area contributed by atoms with Gasteiger partial charge < -0.3 is 25.2 Å². The molecule has 10 heteroatoms. The van der Waals surface area contributed by atoms with E-state index < -0.39 is 5.82 Å². The number of ether oxygens (including phenoxy) is 1. The lowest BCUT2D eigenvalue weighted by atomic mass is 10.3. The van der Waals surface area contributed by atoms with E-state index in [1.807, 2.05) is 18.2 Å². The molecule has 0 aliphatic carbocycles. The Kier molecular flexibility index (Phi) is 8.53. The second kappa shape index (κ2) is 12.2. The predicted octanol–water partition coefficient (Wildman–Crippen LogP) is 2.70. The molecular weight excluding hydrogens is 449 g/mol. The van der Waals surface area contributed by atoms with Crippen LogP contribution in [0.1, 0.15) is 22.5 Å². The average molecular weight is 480 g/mol. The van der Waals surface area contributed by atoms with Gasteiger partial charge in [-0.05, 0) is 37.7 Å². The molecule has 35 heavy (non-hydrogen) atoms. The van der Waals surface area contributed by atoms with Gasteiger partial charge in [-0.3, -0.25) is 9.78 Å². The molecule has 1 amide bonds. The molecule has 4 rings (SSSR count). The number of halogens is 1. The summed E-state index contributed by atoms with van der Waals surface area (Å²) in [7, 11) is 2.13. The summed E-state index contributed by atoms with van der Waals surface area (Å²) in [4.78, 5) is 29.5. The summed E-state index contributed by atoms with van der Waals surface area (Å²) in [6.07, 6.45) is 5.34. The zero-order valence-corrected chi connectivity index (χ0v) is 19.8. The Morgan fingerprint density at radius 1 is 1.09 bits per heavy atom. The lowest BCUT2D eigenvalue weighted by Gasteiger charge is -2.32. The van der Waals surface area contributed by atoms with Gasteiger partial charge in [0.05, 0.1) is 24.4 Å². The van der Waals surface area contributed by atoms with Gasteiger partial charge in [-0.15, -0.1) is 0 Å². The highest BCUT2D eigenvalue weighted by Gasteiger charge is 2.13. The van der Waals surface area contributed by atoms with Crippen LogP contribution in [0.5, 0.6) is 5.75 Å². The number of pyridine rings is 1. The van der Waals surface area contributed by atoms with Crippen molar-refractivity contribution < 1.29 is 13.9 Å². The highest BCUT2D eigenvalue weighted by molar-refractivity contribution is 5.93. The van der Waals surface area contributed by atoms with Crippen molar-refractivity contribution in [2.75, 3.05) is 51.7 Å². The summed E-state index contributed by atoms with van der Waals surface area (Å²) in [5.41, 5.74) is 1.56. The van der Waals surface area contributed by atoms with Crippen molar-refractivity contribution in [1.82, 2.24) is 30.1 Å². The molecule has 184 valence electrons. The Balaban J connectivity index is 1.22. The number of nitrogens with one attached hydrogen (secondary N) is 2. The van der Waals surface area contributed by atoms with Crippen LogP contribution in [0.25, 0.3) is 0 Å². The molecule has 0 saturated carbocycles. The second-order valence-electron chi connectivity index (χ2n) is 8.42. The Bertz CT molecular complexity index is 1090. The predicted molar refractivity (Wildman–Crippen MR) is 131 cm³/mol. The number of carbonyl (C=O) groups excluding carboxylic acids is 1. The fraction of sp³-hybridized carbons (Fsp3) is 0.360. The van der Waals surface area contributed by atoms with Gasteiger partial charge in [0.15, 0.2) is 11.6 Å². The first-order valence-electron chi connectivity index (χ1n) is 11.7. The molecule has 3 aromatic rings. The van der Waals surface area contributed by atoms with Crippen LogP contribution in [-0.2, 0) is 6.54 Å². The Morgan fingerprint density at radius 2 is 1.89 bits per heavy atom. The molecule has 3 heterocycles. The third-order valence-electron chi connectivity index (χ3n) is 5.73. The monoisotopic (exact) mass is 479 g/mol. The molecule has 1 saturated heterocycles. The first-order chi connectivity index (χ1) is 17.1. The fourth-order valence-electron chi connectivity index (χ4n) is 3.65. The van der Waals surface area contributed by atoms with E-state index in [0.29, 0.717) is 24.4 Å². The normalized spacial score (nSPS) is 14.5. The van der Waals surface area contributed by atoms with Gasteiger partial charge in [-0.1, -0.05) is 6.07 Å². The van der Waals surface area contributed by atoms with Crippen LogP contribution in [0.4, 0.5) is 16.0 Å². The first-order valence-corrected chi connectivity index (χ1v) is 11.7. The van der Waals surface area contributed by atoms with Gasteiger partial charge >= 0.3 is 0 Å². The number of amides is 1. The zero-order valence-electron chi connectivity index (χ0n) is 19.8. The quantitative estimate of drug-likeness (QED) is 0.429. The molecule has 0 spiro atoms. The SMILES string of the molecule is CN1CCN(CCCOc2ccc(Nc3ncc(C(=O)NCc4ccccn4)cn3)cc2F)CC1. The first kappa shape index (κ1) is 24.5. The number of carbonyl (C=O) groups is 1. The van der Waals surface area contributed by atoms with E-state index in [-0.39, 0.29) is 17.6 Å². The maximum absolute atomic E-state index is 14.5. The minimum absolute atomic E-state index is 0.217. The van der Waals surface area contributed by atoms with Crippen molar-refractivity contribution in [3.63, 3.8) is 0 Å². The summed E-state index contributed by atoms with van der Waals surface area (Å²) in [6, 6.07) is 10.1. The molecule has 1 aromatic carbocycles. The Labute approximate surface area is 204 Å². The number of anilines is 2. The van der Waals surface area contributed by atoms with Gasteiger partial charge in [0.1, 0.15) is 0 Å². The van der Waals surface area contributed by atoms with Crippen molar-refractivity contribution in [3.8, 4) is 5.75 Å². The molecule has 0 bridgehead atoms. The molecule has 1 aliphatic heterocycles. The third-order valence-corrected chi connectivity index (χ3v) is 5.73. The minimum atomic E-state index is -0.458. The topological polar surface area (TPSA) is 95.5 Å². The van der Waals surface area contributed by atoms with Gasteiger partial charge in [0.2, 0.25) is 5.95 Å². The second-order valence-corrected chi connectivity index (χ2v) is 8.42. The van der Waals surface area contributed by atoms with E-state index in [0.717, 1.165) is 44.8 Å². The van der Waals surface area contributed by atoms with Crippen LogP contribution in [0, 0.1) is 5.82 Å². The molecular formula is C25H30FN7O2. The molecule has 1 fully saturated rings. The fourth-order valence-corrected chi connectivity index (χ4v) is 3.65. The van der Waals surface area contributed by atoms with Crippen molar-refractivity contribution in [1.29, 1.82) is 0 Å². The molecule has 0 atom stereocenters. The third kappa shape index (κ3) is 7.43. The van der Waals surface area contributed by atoms with Gasteiger partial charge in [-0.2, -0.15) is 0 Å². The molecule has 1 aliphatic rings. The van der Waals surface area contributed by atoms with Crippen LogP contribution in [-0.4, -0.2) is 77.0 Å². The number of rotatable bonds is 10. The van der Waals surface area contributed by atoms with Crippen LogP contribution in [0.3, 0.4) is 0 Å². The summed E-state index contributed by atoms with van der Waals surface area (Å²) < 4.78 is 20.1. The van der Waals surface area contributed by atoms with Crippen LogP contribution < -0.4 is 15.4 Å². The largest absolute Gasteiger partial charge is 0.490 e. The highest BCUT2D eigenvalue weighted by atomic mass is 19.1. The van der Waals surface area contributed by atoms with Crippen molar-refractivity contribution in [2.45, 2.75) is 13.0 Å². The smallest absolute Gasteiger partial charge is 0.254 e. The molecule has 2 aromatic heterocycles. The zero-order chi connectivity index (χ0) is 24.5. The Morgan fingerprint density at radius 3 is 2.60 bits per heavy atom. The summed E-state index contributed by atoms with van der Waals surface area (Å²) in [5, 5.41) is 5.71. The summed E-state index contributed by atoms with van der Waals surface area (Å²) in [6.45, 7) is 6.00. The Hall–Kier alpha value is -3.63. The number of likely N-dealkylation sites (N-methyl/N-ethyl adjacent to an activating group) is 1. The van der Waals surface area contributed by atoms with Crippen LogP contribution in [0.15, 0.2) is 55.0 Å². The standard InChI is InChI=1S/C25H30FN7O2/c1-32-10-12-33(13-11-32)9-4-14-35-23-7-6-20(15-22(23)26)31-25-29-16-19(17-30-25)24(34)28-18-21-5-2-3-8-27-21/h2-3,5-8,15-17H,4,9-14,18H2,1H3,(H,28,34)(H,29,30,31). The number of piperazine rings is 1. The number of hydrogen-bond donors (Lipinski definition) is 2. The molecule has 9 nitrogen and oxygen atoms in total. The van der Waals surface area contributed by atoms with E-state index in [2.05, 4.69) is 42.4 Å². The maximum atomic E-state index is 14.5. The highest BCUT2D eigenvalue weighted by Crippen LogP contribution is 2.23. The van der Waals surface area contributed by atoms with E-state index >= 15 is 0 Å². The van der Waals surface area contributed by atoms with E-state index in [4.69, 9.17) is 4.74 Å². The number of aromatic nitrogens is 3. The van der Waals surface area contributed by atoms with Crippen molar-refractivity contribution in [2.24, 2.45) is 0 Å². The molecule has 2 N–H and O–H groups in total. The van der Waals surface area contributed by atoms with Gasteiger partial charge in [0, 0.05) is 63.1 Å². The van der Waals surface area contributed by atoms with Gasteiger partial charge in [-0.25, -0.2) is 14.4 Å². The van der Waals surface area contributed by atoms with Crippen LogP contribution in [0.2, 0.25) is 0 Å². The lowest BCUT2D eigenvalue weighted by molar-refractivity contribution is 0.0949. The summed E-state index contributed by atoms with van der Waals surface area (Å²) in [5.74, 6) is -0.288. The van der Waals surface area contributed by atoms with E-state index in [1.54, 1.807) is 18.3 Å². The number of nitrogens with zero attached hydrogens (tertiary/aromatic N) is 5. The van der Waals surface area contributed by atoms with Crippen molar-refractivity contribution in [3.05, 3.63) is 72.1 Å². The van der Waals surface area contributed by atoms with Crippen molar-refractivity contribution >= 4 is 17.5 Å².